The molecule has 0 bridgehead atoms. The average Bonchev–Trinajstić information content (AvgIpc) is 3.04. The lowest BCUT2D eigenvalue weighted by Crippen LogP contribution is -2.35. The van der Waals surface area contributed by atoms with Crippen LogP contribution in [-0.4, -0.2) is 45.1 Å². The maximum atomic E-state index is 11.7. The van der Waals surface area contributed by atoms with Crippen LogP contribution in [0.5, 0.6) is 0 Å². The fourth-order valence-corrected chi connectivity index (χ4v) is 2.40. The number of nitrogens with one attached hydrogen (secondary N) is 3. The molecule has 0 radical (unpaired) electrons. The first-order valence-corrected chi connectivity index (χ1v) is 8.91. The van der Waals surface area contributed by atoms with Gasteiger partial charge in [0.25, 0.3) is 0 Å². The van der Waals surface area contributed by atoms with Crippen molar-refractivity contribution in [1.82, 2.24) is 25.6 Å². The Morgan fingerprint density at radius 3 is 2.54 bits per heavy atom. The van der Waals surface area contributed by atoms with E-state index in [2.05, 4.69) is 40.9 Å². The summed E-state index contributed by atoms with van der Waals surface area (Å²) in [5, 5.41) is 16.9. The molecule has 2 heterocycles. The lowest BCUT2D eigenvalue weighted by molar-refractivity contribution is 0.0530. The SMILES string of the molecule is CC(C)(C)OC(=O)NCCNc1nc2nonc2nc1Nc1cccc(Cl)c1. The first-order valence-electron chi connectivity index (χ1n) is 8.54. The number of ether oxygens (including phenoxy) is 1. The number of rotatable bonds is 6. The minimum absolute atomic E-state index is 0.263. The van der Waals surface area contributed by atoms with Gasteiger partial charge in [0, 0.05) is 23.8 Å². The van der Waals surface area contributed by atoms with Crippen molar-refractivity contribution in [2.24, 2.45) is 0 Å². The van der Waals surface area contributed by atoms with Crippen LogP contribution >= 0.6 is 11.6 Å². The molecule has 0 atom stereocenters. The molecule has 11 heteroatoms. The summed E-state index contributed by atoms with van der Waals surface area (Å²) in [4.78, 5) is 20.4. The van der Waals surface area contributed by atoms with Crippen molar-refractivity contribution in [2.75, 3.05) is 23.7 Å². The van der Waals surface area contributed by atoms with E-state index in [1.54, 1.807) is 32.9 Å². The quantitative estimate of drug-likeness (QED) is 0.529. The van der Waals surface area contributed by atoms with Gasteiger partial charge in [0.15, 0.2) is 11.6 Å². The standard InChI is InChI=1S/C17H20ClN7O3/c1-17(2,3)27-16(26)20-8-7-19-12-13(21-11-6-4-5-10(18)9-11)23-15-14(22-12)24-28-25-15/h4-6,9H,7-8H2,1-3H3,(H,20,26)(H,19,22,24)(H,21,23,25). The van der Waals surface area contributed by atoms with Crippen molar-refractivity contribution in [1.29, 1.82) is 0 Å². The smallest absolute Gasteiger partial charge is 0.407 e. The van der Waals surface area contributed by atoms with Crippen LogP contribution in [0.2, 0.25) is 5.02 Å². The Hall–Kier alpha value is -3.14. The molecule has 3 rings (SSSR count). The molecule has 0 aliphatic rings. The maximum Gasteiger partial charge on any atom is 0.407 e. The predicted octanol–water partition coefficient (Wildman–Crippen LogP) is 3.35. The Labute approximate surface area is 166 Å². The van der Waals surface area contributed by atoms with E-state index in [9.17, 15) is 4.79 Å². The van der Waals surface area contributed by atoms with Gasteiger partial charge in [-0.1, -0.05) is 17.7 Å². The van der Waals surface area contributed by atoms with Crippen LogP contribution < -0.4 is 16.0 Å². The summed E-state index contributed by atoms with van der Waals surface area (Å²) >= 11 is 6.03. The normalized spacial score (nSPS) is 11.3. The highest BCUT2D eigenvalue weighted by atomic mass is 35.5. The molecule has 3 aromatic rings. The summed E-state index contributed by atoms with van der Waals surface area (Å²) in [5.41, 5.74) is 0.705. The van der Waals surface area contributed by atoms with Gasteiger partial charge in [-0.25, -0.2) is 19.4 Å². The van der Waals surface area contributed by atoms with Gasteiger partial charge in [-0.2, -0.15) is 0 Å². The molecule has 2 aromatic heterocycles. The molecule has 0 spiro atoms. The van der Waals surface area contributed by atoms with E-state index in [1.165, 1.54) is 0 Å². The van der Waals surface area contributed by atoms with Gasteiger partial charge < -0.3 is 20.7 Å². The largest absolute Gasteiger partial charge is 0.444 e. The average molecular weight is 406 g/mol. The Morgan fingerprint density at radius 1 is 1.14 bits per heavy atom. The minimum Gasteiger partial charge on any atom is -0.444 e. The van der Waals surface area contributed by atoms with E-state index < -0.39 is 11.7 Å². The number of fused-ring (bicyclic) bond motifs is 1. The molecular weight excluding hydrogens is 386 g/mol. The lowest BCUT2D eigenvalue weighted by Gasteiger charge is -2.19. The summed E-state index contributed by atoms with van der Waals surface area (Å²) in [5.74, 6) is 0.844. The van der Waals surface area contributed by atoms with Gasteiger partial charge in [0.2, 0.25) is 11.3 Å². The van der Waals surface area contributed by atoms with Crippen LogP contribution in [0.1, 0.15) is 20.8 Å². The minimum atomic E-state index is -0.554. The number of carbonyl (C=O) groups excluding carboxylic acids is 1. The monoisotopic (exact) mass is 405 g/mol. The second kappa shape index (κ2) is 8.26. The third-order valence-electron chi connectivity index (χ3n) is 3.29. The van der Waals surface area contributed by atoms with E-state index in [1.807, 2.05) is 12.1 Å². The van der Waals surface area contributed by atoms with Crippen molar-refractivity contribution in [3.8, 4) is 0 Å². The Balaban J connectivity index is 1.68. The molecule has 0 aliphatic carbocycles. The number of amides is 1. The summed E-state index contributed by atoms with van der Waals surface area (Å²) in [6, 6.07) is 7.17. The molecule has 0 saturated carbocycles. The first kappa shape index (κ1) is 19.6. The second-order valence-electron chi connectivity index (χ2n) is 6.82. The summed E-state index contributed by atoms with van der Waals surface area (Å²) in [6.07, 6.45) is -0.492. The van der Waals surface area contributed by atoms with E-state index in [4.69, 9.17) is 16.3 Å². The Kier molecular flexibility index (Phi) is 5.78. The molecule has 28 heavy (non-hydrogen) atoms. The van der Waals surface area contributed by atoms with Gasteiger partial charge in [0.1, 0.15) is 5.60 Å². The molecule has 1 amide bonds. The van der Waals surface area contributed by atoms with E-state index in [0.29, 0.717) is 29.7 Å². The third kappa shape index (κ3) is 5.43. The molecule has 10 nitrogen and oxygen atoms in total. The zero-order valence-corrected chi connectivity index (χ0v) is 16.4. The zero-order chi connectivity index (χ0) is 20.1. The number of anilines is 3. The van der Waals surface area contributed by atoms with Crippen molar-refractivity contribution < 1.29 is 14.2 Å². The Morgan fingerprint density at radius 2 is 1.86 bits per heavy atom. The fraction of sp³-hybridized carbons (Fsp3) is 0.353. The molecule has 148 valence electrons. The number of alkyl carbamates (subject to hydrolysis) is 1. The number of hydrogen-bond acceptors (Lipinski definition) is 9. The van der Waals surface area contributed by atoms with Crippen molar-refractivity contribution in [3.05, 3.63) is 29.3 Å². The molecule has 3 N–H and O–H groups in total. The number of carbonyl (C=O) groups is 1. The van der Waals surface area contributed by atoms with Crippen molar-refractivity contribution in [3.63, 3.8) is 0 Å². The van der Waals surface area contributed by atoms with Crippen LogP contribution in [-0.2, 0) is 4.74 Å². The predicted molar refractivity (Wildman–Crippen MR) is 105 cm³/mol. The van der Waals surface area contributed by atoms with Crippen LogP contribution in [0.15, 0.2) is 28.9 Å². The molecule has 0 fully saturated rings. The van der Waals surface area contributed by atoms with Gasteiger partial charge in [0.05, 0.1) is 0 Å². The summed E-state index contributed by atoms with van der Waals surface area (Å²) in [6.45, 7) is 6.11. The summed E-state index contributed by atoms with van der Waals surface area (Å²) < 4.78 is 9.86. The topological polar surface area (TPSA) is 127 Å². The second-order valence-corrected chi connectivity index (χ2v) is 7.26. The van der Waals surface area contributed by atoms with Crippen LogP contribution in [0.4, 0.5) is 22.1 Å². The van der Waals surface area contributed by atoms with Crippen LogP contribution in [0.3, 0.4) is 0 Å². The van der Waals surface area contributed by atoms with Crippen LogP contribution in [0, 0.1) is 0 Å². The summed E-state index contributed by atoms with van der Waals surface area (Å²) in [7, 11) is 0. The van der Waals surface area contributed by atoms with Gasteiger partial charge >= 0.3 is 6.09 Å². The number of aromatic nitrogens is 4. The number of nitrogens with zero attached hydrogens (tertiary/aromatic N) is 4. The maximum absolute atomic E-state index is 11.7. The van der Waals surface area contributed by atoms with Crippen molar-refractivity contribution >= 4 is 46.3 Å². The highest BCUT2D eigenvalue weighted by Gasteiger charge is 2.16. The number of benzene rings is 1. The molecule has 0 saturated heterocycles. The van der Waals surface area contributed by atoms with Crippen molar-refractivity contribution in [2.45, 2.75) is 26.4 Å². The van der Waals surface area contributed by atoms with E-state index in [0.717, 1.165) is 5.69 Å². The van der Waals surface area contributed by atoms with Crippen LogP contribution in [0.25, 0.3) is 11.3 Å². The highest BCUT2D eigenvalue weighted by Crippen LogP contribution is 2.25. The molecule has 1 aromatic carbocycles. The third-order valence-corrected chi connectivity index (χ3v) is 3.52. The van der Waals surface area contributed by atoms with E-state index in [-0.39, 0.29) is 11.3 Å². The zero-order valence-electron chi connectivity index (χ0n) is 15.6. The number of halogens is 1. The lowest BCUT2D eigenvalue weighted by atomic mass is 10.2. The Bertz CT molecular complexity index is 971. The molecule has 0 unspecified atom stereocenters. The van der Waals surface area contributed by atoms with Gasteiger partial charge in [-0.3, -0.25) is 0 Å². The van der Waals surface area contributed by atoms with E-state index >= 15 is 0 Å². The fourth-order valence-electron chi connectivity index (χ4n) is 2.21. The molecule has 0 aliphatic heterocycles. The number of hydrogen-bond donors (Lipinski definition) is 3. The van der Waals surface area contributed by atoms with Gasteiger partial charge in [-0.05, 0) is 49.3 Å². The van der Waals surface area contributed by atoms with Gasteiger partial charge in [-0.15, -0.1) is 0 Å². The highest BCUT2D eigenvalue weighted by molar-refractivity contribution is 6.30. The molecular formula is C17H20ClN7O3. The first-order chi connectivity index (χ1) is 13.3.